The summed E-state index contributed by atoms with van der Waals surface area (Å²) in [6.07, 6.45) is 4.22. The van der Waals surface area contributed by atoms with E-state index < -0.39 is 23.4 Å². The van der Waals surface area contributed by atoms with Crippen LogP contribution >= 0.6 is 11.3 Å². The van der Waals surface area contributed by atoms with Gasteiger partial charge in [0.15, 0.2) is 0 Å². The first-order chi connectivity index (χ1) is 15.9. The number of carboxylic acids is 1. The Balaban J connectivity index is 1.43. The van der Waals surface area contributed by atoms with Gasteiger partial charge in [-0.3, -0.25) is 9.59 Å². The van der Waals surface area contributed by atoms with E-state index in [1.54, 1.807) is 11.3 Å². The van der Waals surface area contributed by atoms with Gasteiger partial charge >= 0.3 is 5.97 Å². The molecule has 3 aromatic rings. The fraction of sp³-hybridized carbons (Fsp3) is 0.462. The van der Waals surface area contributed by atoms with Gasteiger partial charge in [-0.15, -0.1) is 11.3 Å². The zero-order valence-corrected chi connectivity index (χ0v) is 19.9. The van der Waals surface area contributed by atoms with Crippen LogP contribution in [-0.4, -0.2) is 52.2 Å². The number of amides is 1. The van der Waals surface area contributed by atoms with Crippen LogP contribution in [0.2, 0.25) is 0 Å². The third-order valence-electron chi connectivity index (χ3n) is 7.29. The smallest absolute Gasteiger partial charge is 0.309 e. The predicted molar refractivity (Wildman–Crippen MR) is 129 cm³/mol. The van der Waals surface area contributed by atoms with Crippen LogP contribution in [0.4, 0.5) is 0 Å². The fourth-order valence-electron chi connectivity index (χ4n) is 5.66. The van der Waals surface area contributed by atoms with Crippen LogP contribution in [0.5, 0.6) is 0 Å². The average Bonchev–Trinajstić information content (AvgIpc) is 3.48. The third kappa shape index (κ3) is 3.97. The molecule has 33 heavy (non-hydrogen) atoms. The number of rotatable bonds is 5. The standard InChI is InChI=1S/C26H30N2O4S/c1-26(2,18-15-27-19-8-3-6-16(23(18)19)21-10-5-13-33-21)14-22(29)28-11-12-32-24-17(25(30)31)7-4-9-20(24)28/h3,5-6,8,10,13,15,17,20,24,27H,4,7,9,11-12,14H2,1-2H3,(H,30,31). The number of carbonyl (C=O) groups excluding carboxylic acids is 1. The minimum absolute atomic E-state index is 0.0762. The van der Waals surface area contributed by atoms with E-state index in [4.69, 9.17) is 4.74 Å². The topological polar surface area (TPSA) is 82.6 Å². The molecule has 0 spiro atoms. The highest BCUT2D eigenvalue weighted by Crippen LogP contribution is 2.41. The van der Waals surface area contributed by atoms with Gasteiger partial charge in [0, 0.05) is 45.9 Å². The molecule has 2 N–H and O–H groups in total. The first-order valence-electron chi connectivity index (χ1n) is 11.6. The van der Waals surface area contributed by atoms with Crippen molar-refractivity contribution >= 4 is 34.1 Å². The molecule has 1 aromatic carbocycles. The maximum absolute atomic E-state index is 13.6. The molecule has 1 aliphatic heterocycles. The van der Waals surface area contributed by atoms with Crippen molar-refractivity contribution in [2.45, 2.75) is 57.1 Å². The summed E-state index contributed by atoms with van der Waals surface area (Å²) < 4.78 is 5.87. The van der Waals surface area contributed by atoms with Gasteiger partial charge in [0.2, 0.25) is 5.91 Å². The Morgan fingerprint density at radius 2 is 2.09 bits per heavy atom. The molecule has 1 amide bonds. The zero-order chi connectivity index (χ0) is 23.2. The summed E-state index contributed by atoms with van der Waals surface area (Å²) in [6.45, 7) is 5.17. The highest BCUT2D eigenvalue weighted by Gasteiger charge is 2.45. The van der Waals surface area contributed by atoms with Gasteiger partial charge < -0.3 is 19.7 Å². The molecule has 2 fully saturated rings. The average molecular weight is 467 g/mol. The lowest BCUT2D eigenvalue weighted by Crippen LogP contribution is -2.59. The van der Waals surface area contributed by atoms with Gasteiger partial charge in [-0.2, -0.15) is 0 Å². The first-order valence-corrected chi connectivity index (χ1v) is 12.5. The van der Waals surface area contributed by atoms with E-state index >= 15 is 0 Å². The number of carboxylic acid groups (broad SMARTS) is 1. The number of morpholine rings is 1. The molecule has 174 valence electrons. The van der Waals surface area contributed by atoms with Crippen LogP contribution < -0.4 is 0 Å². The molecule has 5 rings (SSSR count). The number of aromatic amines is 1. The number of nitrogens with zero attached hydrogens (tertiary/aromatic N) is 1. The molecule has 1 aliphatic carbocycles. The number of ether oxygens (including phenoxy) is 1. The largest absolute Gasteiger partial charge is 0.481 e. The number of hydrogen-bond donors (Lipinski definition) is 2. The van der Waals surface area contributed by atoms with Crippen molar-refractivity contribution < 1.29 is 19.4 Å². The molecule has 7 heteroatoms. The van der Waals surface area contributed by atoms with E-state index in [1.165, 1.54) is 15.8 Å². The van der Waals surface area contributed by atoms with Crippen molar-refractivity contribution in [2.75, 3.05) is 13.2 Å². The number of nitrogens with one attached hydrogen (secondary N) is 1. The van der Waals surface area contributed by atoms with Crippen molar-refractivity contribution in [1.82, 2.24) is 9.88 Å². The number of aromatic nitrogens is 1. The number of aliphatic carboxylic acids is 1. The second-order valence-electron chi connectivity index (χ2n) is 9.83. The number of thiophene rings is 1. The van der Waals surface area contributed by atoms with E-state index in [1.807, 2.05) is 11.1 Å². The molecular weight excluding hydrogens is 436 g/mol. The van der Waals surface area contributed by atoms with Crippen LogP contribution in [0.1, 0.15) is 45.1 Å². The molecule has 3 unspecified atom stereocenters. The van der Waals surface area contributed by atoms with E-state index in [-0.39, 0.29) is 11.9 Å². The molecule has 0 radical (unpaired) electrons. The normalized spacial score (nSPS) is 23.5. The zero-order valence-electron chi connectivity index (χ0n) is 19.0. The molecule has 2 aromatic heterocycles. The summed E-state index contributed by atoms with van der Waals surface area (Å²) in [7, 11) is 0. The van der Waals surface area contributed by atoms with Gasteiger partial charge in [-0.05, 0) is 35.9 Å². The van der Waals surface area contributed by atoms with Crippen molar-refractivity contribution in [1.29, 1.82) is 0 Å². The minimum Gasteiger partial charge on any atom is -0.481 e. The Morgan fingerprint density at radius 3 is 2.85 bits per heavy atom. The number of fused-ring (bicyclic) bond motifs is 2. The number of hydrogen-bond acceptors (Lipinski definition) is 4. The van der Waals surface area contributed by atoms with Crippen LogP contribution in [0.15, 0.2) is 41.9 Å². The Hall–Kier alpha value is -2.64. The van der Waals surface area contributed by atoms with Gasteiger partial charge in [0.1, 0.15) is 0 Å². The monoisotopic (exact) mass is 466 g/mol. The van der Waals surface area contributed by atoms with E-state index in [0.29, 0.717) is 26.0 Å². The molecule has 0 bridgehead atoms. The molecule has 3 atom stereocenters. The van der Waals surface area contributed by atoms with Crippen LogP contribution in [0, 0.1) is 5.92 Å². The second kappa shape index (κ2) is 8.61. The highest BCUT2D eigenvalue weighted by molar-refractivity contribution is 7.13. The summed E-state index contributed by atoms with van der Waals surface area (Å²) >= 11 is 1.71. The summed E-state index contributed by atoms with van der Waals surface area (Å²) in [4.78, 5) is 31.9. The van der Waals surface area contributed by atoms with Crippen LogP contribution in [-0.2, 0) is 19.7 Å². The van der Waals surface area contributed by atoms with Gasteiger partial charge in [-0.1, -0.05) is 38.5 Å². The Labute approximate surface area is 197 Å². The van der Waals surface area contributed by atoms with Crippen LogP contribution in [0.3, 0.4) is 0 Å². The molecule has 1 saturated heterocycles. The number of carbonyl (C=O) groups is 2. The number of H-pyrrole nitrogens is 1. The molecule has 1 saturated carbocycles. The maximum atomic E-state index is 13.6. The lowest BCUT2D eigenvalue weighted by atomic mass is 9.78. The van der Waals surface area contributed by atoms with Crippen LogP contribution in [0.25, 0.3) is 21.3 Å². The van der Waals surface area contributed by atoms with Gasteiger partial charge in [0.05, 0.1) is 24.7 Å². The highest BCUT2D eigenvalue weighted by atomic mass is 32.1. The second-order valence-corrected chi connectivity index (χ2v) is 10.8. The SMILES string of the molecule is CC(C)(CC(=O)N1CCOC2C(C(=O)O)CCCC21)c1c[nH]c2cccc(-c3cccs3)c12. The summed E-state index contributed by atoms with van der Waals surface area (Å²) in [6, 6.07) is 10.3. The van der Waals surface area contributed by atoms with Crippen molar-refractivity contribution in [3.05, 3.63) is 47.5 Å². The van der Waals surface area contributed by atoms with E-state index in [9.17, 15) is 14.7 Å². The van der Waals surface area contributed by atoms with Crippen molar-refractivity contribution in [2.24, 2.45) is 5.92 Å². The molecule has 2 aliphatic rings. The van der Waals surface area contributed by atoms with Crippen molar-refractivity contribution in [3.63, 3.8) is 0 Å². The van der Waals surface area contributed by atoms with Gasteiger partial charge in [-0.25, -0.2) is 0 Å². The molecule has 6 nitrogen and oxygen atoms in total. The Kier molecular flexibility index (Phi) is 5.79. The molecular formula is C26H30N2O4S. The fourth-order valence-corrected chi connectivity index (χ4v) is 6.42. The summed E-state index contributed by atoms with van der Waals surface area (Å²) in [5, 5.41) is 12.9. The lowest BCUT2D eigenvalue weighted by molar-refractivity contribution is -0.170. The minimum atomic E-state index is -0.820. The first kappa shape index (κ1) is 22.2. The predicted octanol–water partition coefficient (Wildman–Crippen LogP) is 5.04. The Bertz CT molecular complexity index is 1170. The third-order valence-corrected chi connectivity index (χ3v) is 8.19. The summed E-state index contributed by atoms with van der Waals surface area (Å²) in [5.41, 5.74) is 2.99. The lowest BCUT2D eigenvalue weighted by Gasteiger charge is -2.46. The quantitative estimate of drug-likeness (QED) is 0.552. The summed E-state index contributed by atoms with van der Waals surface area (Å²) in [5.74, 6) is -1.28. The van der Waals surface area contributed by atoms with E-state index in [2.05, 4.69) is 54.5 Å². The van der Waals surface area contributed by atoms with E-state index in [0.717, 1.165) is 23.9 Å². The number of benzene rings is 1. The van der Waals surface area contributed by atoms with Gasteiger partial charge in [0.25, 0.3) is 0 Å². The maximum Gasteiger partial charge on any atom is 0.309 e. The molecule has 3 heterocycles. The Morgan fingerprint density at radius 1 is 1.24 bits per heavy atom. The van der Waals surface area contributed by atoms with Crippen molar-refractivity contribution in [3.8, 4) is 10.4 Å².